The number of para-hydroxylation sites is 1. The molecule has 20 heavy (non-hydrogen) atoms. The Morgan fingerprint density at radius 1 is 1.40 bits per heavy atom. The number of fused-ring (bicyclic) bond motifs is 1. The summed E-state index contributed by atoms with van der Waals surface area (Å²) in [4.78, 5) is 4.77. The number of aryl methyl sites for hydroxylation is 2. The van der Waals surface area contributed by atoms with E-state index in [4.69, 9.17) is 21.3 Å². The predicted octanol–water partition coefficient (Wildman–Crippen LogP) is 4.02. The van der Waals surface area contributed by atoms with Crippen LogP contribution in [0.5, 0.6) is 5.75 Å². The summed E-state index contributed by atoms with van der Waals surface area (Å²) < 4.78 is 8.03. The predicted molar refractivity (Wildman–Crippen MR) is 82.7 cm³/mol. The second-order valence-electron chi connectivity index (χ2n) is 5.41. The first-order chi connectivity index (χ1) is 9.83. The number of rotatable bonds is 7. The number of ether oxygens (including phenoxy) is 1. The average Bonchev–Trinajstić information content (AvgIpc) is 3.20. The van der Waals surface area contributed by atoms with Crippen molar-refractivity contribution in [1.82, 2.24) is 9.55 Å². The van der Waals surface area contributed by atoms with Crippen molar-refractivity contribution >= 4 is 22.6 Å². The molecule has 0 saturated heterocycles. The molecule has 108 valence electrons. The molecule has 2 aromatic rings. The van der Waals surface area contributed by atoms with Crippen molar-refractivity contribution < 1.29 is 4.74 Å². The lowest BCUT2D eigenvalue weighted by Crippen LogP contribution is -2.05. The van der Waals surface area contributed by atoms with E-state index in [1.807, 2.05) is 19.1 Å². The average molecular weight is 293 g/mol. The third-order valence-electron chi connectivity index (χ3n) is 3.90. The van der Waals surface area contributed by atoms with Crippen molar-refractivity contribution in [2.45, 2.75) is 39.2 Å². The minimum atomic E-state index is 0.608. The van der Waals surface area contributed by atoms with Crippen LogP contribution in [-0.4, -0.2) is 22.0 Å². The number of benzene rings is 1. The zero-order valence-electron chi connectivity index (χ0n) is 11.9. The van der Waals surface area contributed by atoms with Gasteiger partial charge in [0.05, 0.1) is 12.1 Å². The highest BCUT2D eigenvalue weighted by Gasteiger charge is 2.22. The zero-order chi connectivity index (χ0) is 13.9. The van der Waals surface area contributed by atoms with Gasteiger partial charge in [0.2, 0.25) is 0 Å². The highest BCUT2D eigenvalue weighted by molar-refractivity contribution is 6.17. The molecule has 1 aromatic carbocycles. The molecule has 1 saturated carbocycles. The summed E-state index contributed by atoms with van der Waals surface area (Å²) in [5.41, 5.74) is 2.15. The summed E-state index contributed by atoms with van der Waals surface area (Å²) in [6.07, 6.45) is 4.84. The first-order valence-electron chi connectivity index (χ1n) is 7.50. The summed E-state index contributed by atoms with van der Waals surface area (Å²) in [5.74, 6) is 3.50. The van der Waals surface area contributed by atoms with Crippen LogP contribution in [0.25, 0.3) is 11.0 Å². The highest BCUT2D eigenvalue weighted by atomic mass is 35.5. The van der Waals surface area contributed by atoms with Gasteiger partial charge in [0.25, 0.3) is 0 Å². The van der Waals surface area contributed by atoms with E-state index in [-0.39, 0.29) is 0 Å². The van der Waals surface area contributed by atoms with Gasteiger partial charge in [0.15, 0.2) is 0 Å². The second kappa shape index (κ2) is 6.04. The number of imidazole rings is 1. The van der Waals surface area contributed by atoms with E-state index in [2.05, 4.69) is 10.6 Å². The van der Waals surface area contributed by atoms with Gasteiger partial charge >= 0.3 is 0 Å². The third-order valence-corrected chi connectivity index (χ3v) is 4.09. The summed E-state index contributed by atoms with van der Waals surface area (Å²) in [6.45, 7) is 3.71. The minimum Gasteiger partial charge on any atom is -0.492 e. The van der Waals surface area contributed by atoms with E-state index in [9.17, 15) is 0 Å². The van der Waals surface area contributed by atoms with Gasteiger partial charge in [-0.2, -0.15) is 0 Å². The molecule has 0 spiro atoms. The topological polar surface area (TPSA) is 27.1 Å². The Morgan fingerprint density at radius 3 is 2.95 bits per heavy atom. The third kappa shape index (κ3) is 2.78. The van der Waals surface area contributed by atoms with Crippen molar-refractivity contribution in [3.8, 4) is 5.75 Å². The van der Waals surface area contributed by atoms with Crippen LogP contribution in [0.3, 0.4) is 0 Å². The molecule has 0 unspecified atom stereocenters. The lowest BCUT2D eigenvalue weighted by molar-refractivity contribution is 0.343. The maximum atomic E-state index is 5.93. The lowest BCUT2D eigenvalue weighted by atomic mass is 10.2. The molecular weight excluding hydrogens is 272 g/mol. The standard InChI is InChI=1S/C16H21ClN2O/c1-2-20-14-5-3-4-13-16(14)18-15(8-10-17)19(13)11-9-12-6-7-12/h3-5,12H,2,6-11H2,1H3. The van der Waals surface area contributed by atoms with Gasteiger partial charge in [-0.25, -0.2) is 4.98 Å². The molecule has 4 heteroatoms. The molecular formula is C16H21ClN2O. The van der Waals surface area contributed by atoms with E-state index in [1.165, 1.54) is 24.8 Å². The number of aromatic nitrogens is 2. The lowest BCUT2D eigenvalue weighted by Gasteiger charge is -2.08. The molecule has 3 rings (SSSR count). The number of hydrogen-bond donors (Lipinski definition) is 0. The molecule has 3 nitrogen and oxygen atoms in total. The van der Waals surface area contributed by atoms with Crippen molar-refractivity contribution in [2.24, 2.45) is 5.92 Å². The smallest absolute Gasteiger partial charge is 0.147 e. The molecule has 1 fully saturated rings. The minimum absolute atomic E-state index is 0.608. The van der Waals surface area contributed by atoms with E-state index in [1.54, 1.807) is 0 Å². The Balaban J connectivity index is 1.98. The van der Waals surface area contributed by atoms with Crippen LogP contribution in [0.1, 0.15) is 32.0 Å². The van der Waals surface area contributed by atoms with E-state index in [0.717, 1.165) is 36.0 Å². The van der Waals surface area contributed by atoms with E-state index in [0.29, 0.717) is 12.5 Å². The quantitative estimate of drug-likeness (QED) is 0.721. The number of halogens is 1. The largest absolute Gasteiger partial charge is 0.492 e. The number of alkyl halides is 1. The second-order valence-corrected chi connectivity index (χ2v) is 5.79. The van der Waals surface area contributed by atoms with Crippen LogP contribution < -0.4 is 4.74 Å². The Bertz CT molecular complexity index is 589. The van der Waals surface area contributed by atoms with Crippen LogP contribution in [-0.2, 0) is 13.0 Å². The molecule has 0 aliphatic heterocycles. The van der Waals surface area contributed by atoms with Gasteiger partial charge in [-0.3, -0.25) is 0 Å². The van der Waals surface area contributed by atoms with Gasteiger partial charge in [-0.15, -0.1) is 11.6 Å². The van der Waals surface area contributed by atoms with E-state index >= 15 is 0 Å². The first-order valence-corrected chi connectivity index (χ1v) is 8.03. The normalized spacial score (nSPS) is 14.9. The number of hydrogen-bond acceptors (Lipinski definition) is 2. The zero-order valence-corrected chi connectivity index (χ0v) is 12.7. The molecule has 0 amide bonds. The van der Waals surface area contributed by atoms with Gasteiger partial charge in [-0.1, -0.05) is 18.9 Å². The fourth-order valence-electron chi connectivity index (χ4n) is 2.68. The van der Waals surface area contributed by atoms with Crippen LogP contribution >= 0.6 is 11.6 Å². The maximum absolute atomic E-state index is 5.93. The fourth-order valence-corrected chi connectivity index (χ4v) is 2.85. The monoisotopic (exact) mass is 292 g/mol. The van der Waals surface area contributed by atoms with Crippen molar-refractivity contribution in [3.05, 3.63) is 24.0 Å². The Kier molecular flexibility index (Phi) is 4.16. The summed E-state index contributed by atoms with van der Waals surface area (Å²) >= 11 is 5.93. The van der Waals surface area contributed by atoms with Crippen LogP contribution in [0.4, 0.5) is 0 Å². The van der Waals surface area contributed by atoms with Crippen molar-refractivity contribution in [3.63, 3.8) is 0 Å². The van der Waals surface area contributed by atoms with Gasteiger partial charge in [0, 0.05) is 18.8 Å². The molecule has 0 radical (unpaired) electrons. The molecule has 1 heterocycles. The van der Waals surface area contributed by atoms with Crippen molar-refractivity contribution in [2.75, 3.05) is 12.5 Å². The fraction of sp³-hybridized carbons (Fsp3) is 0.562. The number of nitrogens with zero attached hydrogens (tertiary/aromatic N) is 2. The molecule has 0 N–H and O–H groups in total. The van der Waals surface area contributed by atoms with Crippen LogP contribution in [0, 0.1) is 5.92 Å². The van der Waals surface area contributed by atoms with Gasteiger partial charge < -0.3 is 9.30 Å². The SMILES string of the molecule is CCOc1cccc2c1nc(CCCl)n2CCC1CC1. The molecule has 1 aromatic heterocycles. The molecule has 1 aliphatic rings. The Labute approximate surface area is 124 Å². The van der Waals surface area contributed by atoms with Crippen LogP contribution in [0.15, 0.2) is 18.2 Å². The summed E-state index contributed by atoms with van der Waals surface area (Å²) in [5, 5.41) is 0. The van der Waals surface area contributed by atoms with Gasteiger partial charge in [0.1, 0.15) is 17.1 Å². The first kappa shape index (κ1) is 13.7. The molecule has 0 atom stereocenters. The summed E-state index contributed by atoms with van der Waals surface area (Å²) in [7, 11) is 0. The Morgan fingerprint density at radius 2 is 2.25 bits per heavy atom. The van der Waals surface area contributed by atoms with Crippen LogP contribution in [0.2, 0.25) is 0 Å². The Hall–Kier alpha value is -1.22. The molecule has 1 aliphatic carbocycles. The maximum Gasteiger partial charge on any atom is 0.147 e. The molecule has 0 bridgehead atoms. The van der Waals surface area contributed by atoms with E-state index < -0.39 is 0 Å². The van der Waals surface area contributed by atoms with Gasteiger partial charge in [-0.05, 0) is 31.4 Å². The summed E-state index contributed by atoms with van der Waals surface area (Å²) in [6, 6.07) is 6.18. The highest BCUT2D eigenvalue weighted by Crippen LogP contribution is 2.34. The van der Waals surface area contributed by atoms with Crippen molar-refractivity contribution in [1.29, 1.82) is 0 Å².